The Balaban J connectivity index is 1.72. The van der Waals surface area contributed by atoms with Gasteiger partial charge in [-0.25, -0.2) is 0 Å². The lowest BCUT2D eigenvalue weighted by atomic mass is 9.92. The number of nitrogen functional groups attached to an aromatic ring is 1. The van der Waals surface area contributed by atoms with Crippen molar-refractivity contribution in [1.82, 2.24) is 4.90 Å². The van der Waals surface area contributed by atoms with Gasteiger partial charge in [0.2, 0.25) is 0 Å². The van der Waals surface area contributed by atoms with Gasteiger partial charge in [0.1, 0.15) is 0 Å². The van der Waals surface area contributed by atoms with Gasteiger partial charge in [0.25, 0.3) is 0 Å². The minimum atomic E-state index is 0.443. The summed E-state index contributed by atoms with van der Waals surface area (Å²) in [6.45, 7) is 4.90. The highest BCUT2D eigenvalue weighted by atomic mass is 15.2. The smallest absolute Gasteiger partial charge is 0.0314 e. The fourth-order valence-corrected chi connectivity index (χ4v) is 3.64. The Hall–Kier alpha value is -1.02. The molecule has 1 aliphatic heterocycles. The van der Waals surface area contributed by atoms with Gasteiger partial charge in [-0.05, 0) is 56.3 Å². The van der Waals surface area contributed by atoms with Gasteiger partial charge in [-0.1, -0.05) is 25.5 Å². The highest BCUT2D eigenvalue weighted by Gasteiger charge is 2.46. The molecule has 2 nitrogen and oxygen atoms in total. The summed E-state index contributed by atoms with van der Waals surface area (Å²) in [6.07, 6.45) is 8.21. The van der Waals surface area contributed by atoms with E-state index in [-0.39, 0.29) is 0 Å². The number of benzene rings is 1. The maximum absolute atomic E-state index is 5.81. The Bertz CT molecular complexity index is 419. The molecule has 0 spiro atoms. The van der Waals surface area contributed by atoms with Gasteiger partial charge in [-0.15, -0.1) is 0 Å². The zero-order chi connectivity index (χ0) is 13.3. The van der Waals surface area contributed by atoms with Crippen molar-refractivity contribution in [1.29, 1.82) is 0 Å². The lowest BCUT2D eigenvalue weighted by molar-refractivity contribution is 0.131. The second kappa shape index (κ2) is 5.16. The van der Waals surface area contributed by atoms with Crippen LogP contribution in [-0.4, -0.2) is 24.0 Å². The van der Waals surface area contributed by atoms with Gasteiger partial charge in [-0.3, -0.25) is 4.90 Å². The van der Waals surface area contributed by atoms with Crippen LogP contribution < -0.4 is 5.73 Å². The highest BCUT2D eigenvalue weighted by molar-refractivity contribution is 5.43. The molecule has 3 rings (SSSR count). The summed E-state index contributed by atoms with van der Waals surface area (Å²) >= 11 is 0. The summed E-state index contributed by atoms with van der Waals surface area (Å²) in [6, 6.07) is 9.42. The number of hydrogen-bond donors (Lipinski definition) is 1. The van der Waals surface area contributed by atoms with Crippen molar-refractivity contribution in [2.45, 2.75) is 56.9 Å². The van der Waals surface area contributed by atoms with Gasteiger partial charge in [0.05, 0.1) is 0 Å². The molecule has 0 bridgehead atoms. The molecule has 2 aliphatic rings. The third-order valence-corrected chi connectivity index (χ3v) is 5.10. The number of nitrogens with zero attached hydrogens (tertiary/aromatic N) is 1. The van der Waals surface area contributed by atoms with E-state index in [1.165, 1.54) is 57.2 Å². The predicted octanol–water partition coefficient (Wildman–Crippen LogP) is 3.56. The van der Waals surface area contributed by atoms with Crippen LogP contribution in [-0.2, 0) is 5.41 Å². The normalized spacial score (nSPS) is 26.3. The van der Waals surface area contributed by atoms with Crippen molar-refractivity contribution in [3.05, 3.63) is 29.8 Å². The summed E-state index contributed by atoms with van der Waals surface area (Å²) in [7, 11) is 0. The van der Waals surface area contributed by atoms with E-state index in [9.17, 15) is 0 Å². The van der Waals surface area contributed by atoms with E-state index in [0.29, 0.717) is 5.41 Å². The van der Waals surface area contributed by atoms with Crippen molar-refractivity contribution in [3.63, 3.8) is 0 Å². The maximum atomic E-state index is 5.81. The van der Waals surface area contributed by atoms with Gasteiger partial charge in [0, 0.05) is 23.7 Å². The topological polar surface area (TPSA) is 29.3 Å². The quantitative estimate of drug-likeness (QED) is 0.837. The SMILES string of the molecule is CCC1CCCCN1CC1(c2ccc(N)cc2)CC1. The molecule has 1 heterocycles. The molecule has 2 N–H and O–H groups in total. The van der Waals surface area contributed by atoms with Crippen molar-refractivity contribution in [2.75, 3.05) is 18.8 Å². The predicted molar refractivity (Wildman–Crippen MR) is 81.3 cm³/mol. The average Bonchev–Trinajstić information content (AvgIpc) is 3.21. The number of anilines is 1. The Morgan fingerprint density at radius 3 is 2.58 bits per heavy atom. The van der Waals surface area contributed by atoms with E-state index >= 15 is 0 Å². The Morgan fingerprint density at radius 2 is 1.95 bits per heavy atom. The average molecular weight is 258 g/mol. The van der Waals surface area contributed by atoms with Gasteiger partial charge >= 0.3 is 0 Å². The molecule has 1 atom stereocenters. The van der Waals surface area contributed by atoms with Crippen molar-refractivity contribution < 1.29 is 0 Å². The van der Waals surface area contributed by atoms with Gasteiger partial charge in [0.15, 0.2) is 0 Å². The molecule has 1 aromatic rings. The molecule has 1 saturated heterocycles. The van der Waals surface area contributed by atoms with E-state index in [0.717, 1.165) is 11.7 Å². The highest BCUT2D eigenvalue weighted by Crippen LogP contribution is 2.49. The molecule has 2 fully saturated rings. The van der Waals surface area contributed by atoms with Crippen LogP contribution in [0.5, 0.6) is 0 Å². The third kappa shape index (κ3) is 2.64. The first-order valence-electron chi connectivity index (χ1n) is 7.83. The maximum Gasteiger partial charge on any atom is 0.0314 e. The molecule has 1 saturated carbocycles. The zero-order valence-corrected chi connectivity index (χ0v) is 12.1. The number of rotatable bonds is 4. The summed E-state index contributed by atoms with van der Waals surface area (Å²) in [4.78, 5) is 2.76. The fourth-order valence-electron chi connectivity index (χ4n) is 3.64. The van der Waals surface area contributed by atoms with Crippen LogP contribution in [0.25, 0.3) is 0 Å². The van der Waals surface area contributed by atoms with Crippen LogP contribution in [0.15, 0.2) is 24.3 Å². The monoisotopic (exact) mass is 258 g/mol. The number of hydrogen-bond acceptors (Lipinski definition) is 2. The molecular weight excluding hydrogens is 232 g/mol. The van der Waals surface area contributed by atoms with Crippen LogP contribution in [0.1, 0.15) is 51.0 Å². The first-order chi connectivity index (χ1) is 9.23. The standard InChI is InChI=1S/C17H26N2/c1-2-16-5-3-4-12-19(16)13-17(10-11-17)14-6-8-15(18)9-7-14/h6-9,16H,2-5,10-13,18H2,1H3. The Labute approximate surface area is 117 Å². The number of piperidine rings is 1. The van der Waals surface area contributed by atoms with Gasteiger partial charge < -0.3 is 5.73 Å². The molecule has 0 amide bonds. The molecule has 1 unspecified atom stereocenters. The van der Waals surface area contributed by atoms with E-state index in [1.807, 2.05) is 0 Å². The van der Waals surface area contributed by atoms with Crippen LogP contribution in [0.3, 0.4) is 0 Å². The summed E-state index contributed by atoms with van der Waals surface area (Å²) in [5.41, 5.74) is 8.63. The van der Waals surface area contributed by atoms with E-state index < -0.39 is 0 Å². The van der Waals surface area contributed by atoms with E-state index in [2.05, 4.69) is 36.1 Å². The molecule has 104 valence electrons. The summed E-state index contributed by atoms with van der Waals surface area (Å²) in [5.74, 6) is 0. The van der Waals surface area contributed by atoms with E-state index in [1.54, 1.807) is 0 Å². The Kier molecular flexibility index (Phi) is 3.53. The van der Waals surface area contributed by atoms with Crippen molar-refractivity contribution >= 4 is 5.69 Å². The fraction of sp³-hybridized carbons (Fsp3) is 0.647. The largest absolute Gasteiger partial charge is 0.399 e. The molecule has 0 radical (unpaired) electrons. The number of likely N-dealkylation sites (tertiary alicyclic amines) is 1. The minimum Gasteiger partial charge on any atom is -0.399 e. The van der Waals surface area contributed by atoms with E-state index in [4.69, 9.17) is 5.73 Å². The van der Waals surface area contributed by atoms with Crippen LogP contribution in [0.4, 0.5) is 5.69 Å². The first-order valence-corrected chi connectivity index (χ1v) is 7.83. The molecule has 1 aliphatic carbocycles. The molecular formula is C17H26N2. The zero-order valence-electron chi connectivity index (χ0n) is 12.1. The second-order valence-corrected chi connectivity index (χ2v) is 6.43. The molecule has 19 heavy (non-hydrogen) atoms. The van der Waals surface area contributed by atoms with Crippen LogP contribution >= 0.6 is 0 Å². The van der Waals surface area contributed by atoms with Crippen molar-refractivity contribution in [2.24, 2.45) is 0 Å². The first kappa shape index (κ1) is 13.0. The summed E-state index contributed by atoms with van der Waals surface area (Å²) in [5, 5.41) is 0. The Morgan fingerprint density at radius 1 is 1.21 bits per heavy atom. The number of nitrogens with two attached hydrogens (primary N) is 1. The second-order valence-electron chi connectivity index (χ2n) is 6.43. The molecule has 1 aromatic carbocycles. The van der Waals surface area contributed by atoms with Gasteiger partial charge in [-0.2, -0.15) is 0 Å². The molecule has 0 aromatic heterocycles. The van der Waals surface area contributed by atoms with Crippen LogP contribution in [0, 0.1) is 0 Å². The summed E-state index contributed by atoms with van der Waals surface area (Å²) < 4.78 is 0. The van der Waals surface area contributed by atoms with Crippen LogP contribution in [0.2, 0.25) is 0 Å². The lowest BCUT2D eigenvalue weighted by Gasteiger charge is -2.38. The van der Waals surface area contributed by atoms with Crippen molar-refractivity contribution in [3.8, 4) is 0 Å². The lowest BCUT2D eigenvalue weighted by Crippen LogP contribution is -2.43. The minimum absolute atomic E-state index is 0.443. The third-order valence-electron chi connectivity index (χ3n) is 5.10. The molecule has 2 heteroatoms.